The van der Waals surface area contributed by atoms with Gasteiger partial charge in [0.15, 0.2) is 0 Å². The monoisotopic (exact) mass is 282 g/mol. The van der Waals surface area contributed by atoms with Crippen molar-refractivity contribution in [3.8, 4) is 5.75 Å². The quantitative estimate of drug-likeness (QED) is 0.768. The molecule has 0 N–H and O–H groups in total. The standard InChI is InChI=1S/C10H10BrF3O/c1-7-3-2-4-8(5-7)15-6-9(11)10(12,13)14/h2-5,9H,6H2,1H3. The van der Waals surface area contributed by atoms with Crippen LogP contribution in [0.15, 0.2) is 24.3 Å². The number of benzene rings is 1. The van der Waals surface area contributed by atoms with Crippen molar-refractivity contribution >= 4 is 15.9 Å². The van der Waals surface area contributed by atoms with Crippen LogP contribution in [-0.2, 0) is 0 Å². The normalized spacial score (nSPS) is 13.7. The smallest absolute Gasteiger partial charge is 0.404 e. The number of hydrogen-bond acceptors (Lipinski definition) is 1. The molecule has 1 aromatic carbocycles. The Labute approximate surface area is 94.4 Å². The highest BCUT2D eigenvalue weighted by molar-refractivity contribution is 9.09. The molecule has 1 aromatic rings. The largest absolute Gasteiger partial charge is 0.492 e. The molecule has 0 fully saturated rings. The predicted molar refractivity (Wildman–Crippen MR) is 55.4 cm³/mol. The zero-order valence-electron chi connectivity index (χ0n) is 8.01. The van der Waals surface area contributed by atoms with E-state index in [-0.39, 0.29) is 0 Å². The number of halogens is 4. The summed E-state index contributed by atoms with van der Waals surface area (Å²) in [6.07, 6.45) is -4.27. The lowest BCUT2D eigenvalue weighted by Gasteiger charge is -2.14. The predicted octanol–water partition coefficient (Wildman–Crippen LogP) is 3.70. The van der Waals surface area contributed by atoms with E-state index in [0.717, 1.165) is 5.56 Å². The first-order valence-electron chi connectivity index (χ1n) is 4.30. The van der Waals surface area contributed by atoms with E-state index >= 15 is 0 Å². The molecule has 0 aliphatic heterocycles. The molecule has 0 aliphatic rings. The van der Waals surface area contributed by atoms with E-state index in [1.54, 1.807) is 18.2 Å². The molecule has 1 rings (SSSR count). The van der Waals surface area contributed by atoms with Gasteiger partial charge >= 0.3 is 6.18 Å². The summed E-state index contributed by atoms with van der Waals surface area (Å²) in [4.78, 5) is -1.63. The van der Waals surface area contributed by atoms with Crippen molar-refractivity contribution in [3.63, 3.8) is 0 Å². The lowest BCUT2D eigenvalue weighted by atomic mass is 10.2. The number of aryl methyl sites for hydroxylation is 1. The molecule has 15 heavy (non-hydrogen) atoms. The van der Waals surface area contributed by atoms with Crippen LogP contribution in [0.2, 0.25) is 0 Å². The van der Waals surface area contributed by atoms with E-state index in [2.05, 4.69) is 15.9 Å². The molecule has 0 saturated heterocycles. The fourth-order valence-electron chi connectivity index (χ4n) is 0.969. The van der Waals surface area contributed by atoms with Gasteiger partial charge in [-0.2, -0.15) is 13.2 Å². The maximum atomic E-state index is 12.1. The highest BCUT2D eigenvalue weighted by atomic mass is 79.9. The Kier molecular flexibility index (Phi) is 4.02. The zero-order valence-corrected chi connectivity index (χ0v) is 9.60. The highest BCUT2D eigenvalue weighted by Crippen LogP contribution is 2.27. The fraction of sp³-hybridized carbons (Fsp3) is 0.400. The minimum absolute atomic E-state index is 0.424. The molecular formula is C10H10BrF3O. The molecule has 0 aliphatic carbocycles. The fourth-order valence-corrected chi connectivity index (χ4v) is 1.10. The van der Waals surface area contributed by atoms with Gasteiger partial charge in [-0.3, -0.25) is 0 Å². The lowest BCUT2D eigenvalue weighted by molar-refractivity contribution is -0.132. The van der Waals surface area contributed by atoms with Crippen LogP contribution in [0.3, 0.4) is 0 Å². The SMILES string of the molecule is Cc1cccc(OCC(Br)C(F)(F)F)c1. The lowest BCUT2D eigenvalue weighted by Crippen LogP contribution is -2.28. The van der Waals surface area contributed by atoms with Gasteiger partial charge in [-0.1, -0.05) is 28.1 Å². The molecule has 5 heteroatoms. The van der Waals surface area contributed by atoms with E-state index < -0.39 is 17.6 Å². The summed E-state index contributed by atoms with van der Waals surface area (Å²) >= 11 is 2.52. The first kappa shape index (κ1) is 12.4. The molecule has 0 spiro atoms. The Morgan fingerprint density at radius 2 is 2.07 bits per heavy atom. The van der Waals surface area contributed by atoms with Crippen LogP contribution < -0.4 is 4.74 Å². The van der Waals surface area contributed by atoms with Crippen molar-refractivity contribution < 1.29 is 17.9 Å². The van der Waals surface area contributed by atoms with E-state index in [4.69, 9.17) is 4.74 Å². The molecule has 0 bridgehead atoms. The Balaban J connectivity index is 2.51. The van der Waals surface area contributed by atoms with Crippen LogP contribution in [0.1, 0.15) is 5.56 Å². The summed E-state index contributed by atoms with van der Waals surface area (Å²) in [5.41, 5.74) is 0.950. The molecule has 84 valence electrons. The number of alkyl halides is 4. The molecule has 1 unspecified atom stereocenters. The number of hydrogen-bond donors (Lipinski definition) is 0. The van der Waals surface area contributed by atoms with Gasteiger partial charge in [-0.05, 0) is 24.6 Å². The van der Waals surface area contributed by atoms with Crippen LogP contribution in [0, 0.1) is 6.92 Å². The second-order valence-electron chi connectivity index (χ2n) is 3.14. The van der Waals surface area contributed by atoms with E-state index in [9.17, 15) is 13.2 Å². The average molecular weight is 283 g/mol. The summed E-state index contributed by atoms with van der Waals surface area (Å²) in [6, 6.07) is 6.91. The molecule has 0 aromatic heterocycles. The van der Waals surface area contributed by atoms with Crippen molar-refractivity contribution in [2.75, 3.05) is 6.61 Å². The topological polar surface area (TPSA) is 9.23 Å². The first-order valence-corrected chi connectivity index (χ1v) is 5.21. The Morgan fingerprint density at radius 3 is 2.60 bits per heavy atom. The average Bonchev–Trinajstić information content (AvgIpc) is 2.12. The summed E-state index contributed by atoms with van der Waals surface area (Å²) in [5.74, 6) is 0.448. The van der Waals surface area contributed by atoms with Crippen molar-refractivity contribution in [2.45, 2.75) is 17.9 Å². The zero-order chi connectivity index (χ0) is 11.5. The number of rotatable bonds is 3. The van der Waals surface area contributed by atoms with E-state index in [0.29, 0.717) is 5.75 Å². The summed E-state index contributed by atoms with van der Waals surface area (Å²) < 4.78 is 41.3. The maximum absolute atomic E-state index is 12.1. The van der Waals surface area contributed by atoms with Crippen molar-refractivity contribution in [2.24, 2.45) is 0 Å². The van der Waals surface area contributed by atoms with Crippen molar-refractivity contribution in [3.05, 3.63) is 29.8 Å². The first-order chi connectivity index (χ1) is 6.89. The summed E-state index contributed by atoms with van der Waals surface area (Å²) in [7, 11) is 0. The van der Waals surface area contributed by atoms with Gasteiger partial charge < -0.3 is 4.74 Å². The maximum Gasteiger partial charge on any atom is 0.404 e. The van der Waals surface area contributed by atoms with Crippen LogP contribution >= 0.6 is 15.9 Å². The van der Waals surface area contributed by atoms with Gasteiger partial charge in [0.1, 0.15) is 17.2 Å². The molecule has 0 heterocycles. The van der Waals surface area contributed by atoms with Crippen LogP contribution in [0.4, 0.5) is 13.2 Å². The summed E-state index contributed by atoms with van der Waals surface area (Å²) in [6.45, 7) is 1.43. The second-order valence-corrected chi connectivity index (χ2v) is 4.24. The Bertz CT molecular complexity index is 325. The van der Waals surface area contributed by atoms with Crippen LogP contribution in [0.25, 0.3) is 0 Å². The van der Waals surface area contributed by atoms with Gasteiger partial charge in [0.2, 0.25) is 0 Å². The van der Waals surface area contributed by atoms with Gasteiger partial charge in [0.25, 0.3) is 0 Å². The Hall–Kier alpha value is -0.710. The molecule has 0 saturated carbocycles. The van der Waals surface area contributed by atoms with Gasteiger partial charge in [-0.25, -0.2) is 0 Å². The number of ether oxygens (including phenoxy) is 1. The Morgan fingerprint density at radius 1 is 1.40 bits per heavy atom. The minimum atomic E-state index is -4.27. The molecule has 0 radical (unpaired) electrons. The van der Waals surface area contributed by atoms with Gasteiger partial charge in [0, 0.05) is 0 Å². The summed E-state index contributed by atoms with van der Waals surface area (Å²) in [5, 5.41) is 0. The molecule has 1 nitrogen and oxygen atoms in total. The second kappa shape index (κ2) is 4.88. The van der Waals surface area contributed by atoms with Crippen LogP contribution in [0.5, 0.6) is 5.75 Å². The van der Waals surface area contributed by atoms with E-state index in [1.165, 1.54) is 0 Å². The molecular weight excluding hydrogens is 273 g/mol. The highest BCUT2D eigenvalue weighted by Gasteiger charge is 2.38. The minimum Gasteiger partial charge on any atom is -0.492 e. The third-order valence-corrected chi connectivity index (χ3v) is 2.52. The molecule has 0 amide bonds. The van der Waals surface area contributed by atoms with Gasteiger partial charge in [-0.15, -0.1) is 0 Å². The van der Waals surface area contributed by atoms with E-state index in [1.807, 2.05) is 13.0 Å². The van der Waals surface area contributed by atoms with Crippen LogP contribution in [-0.4, -0.2) is 17.6 Å². The van der Waals surface area contributed by atoms with Crippen molar-refractivity contribution in [1.29, 1.82) is 0 Å². The van der Waals surface area contributed by atoms with Crippen molar-refractivity contribution in [1.82, 2.24) is 0 Å². The molecule has 1 atom stereocenters. The van der Waals surface area contributed by atoms with Gasteiger partial charge in [0.05, 0.1) is 0 Å². The third-order valence-electron chi connectivity index (χ3n) is 1.74. The third kappa shape index (κ3) is 4.11.